The van der Waals surface area contributed by atoms with Crippen LogP contribution in [0.25, 0.3) is 0 Å². The molecule has 0 bridgehead atoms. The molecule has 0 amide bonds. The van der Waals surface area contributed by atoms with Crippen molar-refractivity contribution in [3.8, 4) is 0 Å². The van der Waals surface area contributed by atoms with E-state index in [1.165, 1.54) is 12.2 Å². The first kappa shape index (κ1) is 23.5. The maximum atomic E-state index is 10.7. The van der Waals surface area contributed by atoms with E-state index in [0.29, 0.717) is 25.9 Å². The Balaban J connectivity index is 4.23. The van der Waals surface area contributed by atoms with E-state index in [9.17, 15) is 19.2 Å². The molecule has 0 spiro atoms. The first-order chi connectivity index (χ1) is 12.8. The Bertz CT molecular complexity index is 556. The molecule has 0 saturated carbocycles. The van der Waals surface area contributed by atoms with Crippen molar-refractivity contribution in [3.63, 3.8) is 0 Å². The van der Waals surface area contributed by atoms with E-state index < -0.39 is 0 Å². The van der Waals surface area contributed by atoms with Crippen molar-refractivity contribution in [1.82, 2.24) is 0 Å². The minimum Gasteiger partial charge on any atom is -0.211 e. The summed E-state index contributed by atoms with van der Waals surface area (Å²) in [5, 5.41) is 0. The molecular formula is C18H26N4O4. The maximum absolute atomic E-state index is 10.7. The van der Waals surface area contributed by atoms with Gasteiger partial charge < -0.3 is 0 Å². The topological polar surface area (TPSA) is 118 Å². The Morgan fingerprint density at radius 3 is 1.31 bits per heavy atom. The fourth-order valence-corrected chi connectivity index (χ4v) is 2.71. The van der Waals surface area contributed by atoms with Gasteiger partial charge in [-0.2, -0.15) is 0 Å². The molecule has 26 heavy (non-hydrogen) atoms. The Kier molecular flexibility index (Phi) is 17.1. The lowest BCUT2D eigenvalue weighted by Crippen LogP contribution is -2.23. The number of hydrogen-bond acceptors (Lipinski definition) is 8. The first-order valence-electron chi connectivity index (χ1n) is 9.01. The second-order valence-corrected chi connectivity index (χ2v) is 5.93. The maximum Gasteiger partial charge on any atom is 0.235 e. The van der Waals surface area contributed by atoms with Crippen LogP contribution in [0.2, 0.25) is 0 Å². The van der Waals surface area contributed by atoms with E-state index in [1.807, 2.05) is 0 Å². The molecule has 0 aromatic carbocycles. The fraction of sp³-hybridized carbons (Fsp3) is 0.778. The lowest BCUT2D eigenvalue weighted by molar-refractivity contribution is 0.429. The van der Waals surface area contributed by atoms with Gasteiger partial charge in [0.05, 0.1) is 25.2 Å². The molecule has 0 aromatic rings. The van der Waals surface area contributed by atoms with Crippen LogP contribution in [0.15, 0.2) is 20.0 Å². The molecule has 0 aliphatic carbocycles. The summed E-state index contributed by atoms with van der Waals surface area (Å²) in [5.74, 6) is 0. The molecular weight excluding hydrogens is 336 g/mol. The number of unbranched alkanes of at least 4 members (excludes halogenated alkanes) is 6. The summed E-state index contributed by atoms with van der Waals surface area (Å²) >= 11 is 0. The Hall–Kier alpha value is -2.48. The summed E-state index contributed by atoms with van der Waals surface area (Å²) in [5.41, 5.74) is 0. The third-order valence-corrected chi connectivity index (χ3v) is 4.05. The van der Waals surface area contributed by atoms with Crippen LogP contribution in [0.3, 0.4) is 0 Å². The van der Waals surface area contributed by atoms with Crippen molar-refractivity contribution >= 4 is 24.3 Å². The molecule has 0 radical (unpaired) electrons. The number of nitrogens with zero attached hydrogens (tertiary/aromatic N) is 4. The zero-order valence-corrected chi connectivity index (χ0v) is 15.1. The van der Waals surface area contributed by atoms with Crippen molar-refractivity contribution in [2.45, 2.75) is 76.3 Å². The van der Waals surface area contributed by atoms with Gasteiger partial charge in [-0.1, -0.05) is 38.5 Å². The van der Waals surface area contributed by atoms with Gasteiger partial charge in [-0.3, -0.25) is 0 Å². The zero-order chi connectivity index (χ0) is 19.3. The van der Waals surface area contributed by atoms with Gasteiger partial charge in [0.2, 0.25) is 24.3 Å². The van der Waals surface area contributed by atoms with Crippen LogP contribution in [-0.2, 0) is 19.2 Å². The highest BCUT2D eigenvalue weighted by Crippen LogP contribution is 2.18. The van der Waals surface area contributed by atoms with Crippen LogP contribution < -0.4 is 0 Å². The van der Waals surface area contributed by atoms with E-state index >= 15 is 0 Å². The van der Waals surface area contributed by atoms with Gasteiger partial charge in [0.25, 0.3) is 0 Å². The third-order valence-electron chi connectivity index (χ3n) is 4.05. The average molecular weight is 362 g/mol. The lowest BCUT2D eigenvalue weighted by Gasteiger charge is -2.17. The van der Waals surface area contributed by atoms with Crippen LogP contribution in [-0.4, -0.2) is 49.5 Å². The molecule has 8 heteroatoms. The molecule has 0 aromatic heterocycles. The molecule has 0 heterocycles. The fourth-order valence-electron chi connectivity index (χ4n) is 2.71. The normalized spacial score (nSPS) is 11.8. The lowest BCUT2D eigenvalue weighted by atomic mass is 9.96. The largest absolute Gasteiger partial charge is 0.235 e. The third kappa shape index (κ3) is 13.9. The average Bonchev–Trinajstić information content (AvgIpc) is 2.65. The molecule has 142 valence electrons. The van der Waals surface area contributed by atoms with Gasteiger partial charge in [0.1, 0.15) is 0 Å². The minimum atomic E-state index is -0.370. The number of hydrogen-bond donors (Lipinski definition) is 0. The molecule has 0 rings (SSSR count). The van der Waals surface area contributed by atoms with Crippen molar-refractivity contribution in [2.24, 2.45) is 20.0 Å². The van der Waals surface area contributed by atoms with Crippen LogP contribution in [0.5, 0.6) is 0 Å². The van der Waals surface area contributed by atoms with Gasteiger partial charge in [-0.15, -0.1) is 0 Å². The molecule has 2 unspecified atom stereocenters. The van der Waals surface area contributed by atoms with Gasteiger partial charge in [-0.25, -0.2) is 39.1 Å². The quantitative estimate of drug-likeness (QED) is 0.224. The van der Waals surface area contributed by atoms with E-state index in [0.717, 1.165) is 51.4 Å². The summed E-state index contributed by atoms with van der Waals surface area (Å²) < 4.78 is 0. The summed E-state index contributed by atoms with van der Waals surface area (Å²) in [6.45, 7) is 0.953. The van der Waals surface area contributed by atoms with E-state index in [-0.39, 0.29) is 12.1 Å². The van der Waals surface area contributed by atoms with Gasteiger partial charge in [0, 0.05) is 0 Å². The molecule has 0 aliphatic heterocycles. The van der Waals surface area contributed by atoms with E-state index in [4.69, 9.17) is 0 Å². The predicted molar refractivity (Wildman–Crippen MR) is 96.0 cm³/mol. The Morgan fingerprint density at radius 1 is 0.500 bits per heavy atom. The molecule has 0 saturated heterocycles. The van der Waals surface area contributed by atoms with Crippen LogP contribution in [0.1, 0.15) is 64.2 Å². The standard InChI is InChI=1S/C18H26N4O4/c23-13-19-11-7-3-1-2-5-9-17(21-15-25)18(22-16-26)10-6-4-8-12-20-14-24/h17-18H,1-12H2. The first-order valence-corrected chi connectivity index (χ1v) is 9.01. The van der Waals surface area contributed by atoms with Crippen LogP contribution in [0.4, 0.5) is 0 Å². The number of aliphatic imine (C=N–C) groups is 4. The van der Waals surface area contributed by atoms with Crippen molar-refractivity contribution in [2.75, 3.05) is 13.1 Å². The Labute approximate surface area is 153 Å². The SMILES string of the molecule is O=C=NCCCCCCCC(N=C=O)C(CCCCCN=C=O)N=C=O. The van der Waals surface area contributed by atoms with Gasteiger partial charge >= 0.3 is 0 Å². The monoisotopic (exact) mass is 362 g/mol. The van der Waals surface area contributed by atoms with Gasteiger partial charge in [0.15, 0.2) is 0 Å². The molecule has 0 aliphatic rings. The van der Waals surface area contributed by atoms with E-state index in [1.54, 1.807) is 12.2 Å². The van der Waals surface area contributed by atoms with Crippen molar-refractivity contribution < 1.29 is 19.2 Å². The number of carbonyl (C=O) groups excluding carboxylic acids is 4. The number of rotatable bonds is 17. The second kappa shape index (κ2) is 18.9. The summed E-state index contributed by atoms with van der Waals surface area (Å²) in [6, 6.07) is -0.730. The van der Waals surface area contributed by atoms with Crippen LogP contribution >= 0.6 is 0 Å². The highest BCUT2D eigenvalue weighted by atomic mass is 16.1. The highest BCUT2D eigenvalue weighted by Gasteiger charge is 2.20. The minimum absolute atomic E-state index is 0.360. The Morgan fingerprint density at radius 2 is 0.885 bits per heavy atom. The van der Waals surface area contributed by atoms with E-state index in [2.05, 4.69) is 20.0 Å². The zero-order valence-electron chi connectivity index (χ0n) is 15.1. The molecule has 0 N–H and O–H groups in total. The summed E-state index contributed by atoms with van der Waals surface area (Å²) in [6.07, 6.45) is 14.5. The number of isocyanates is 4. The molecule has 0 fully saturated rings. The second-order valence-electron chi connectivity index (χ2n) is 5.93. The van der Waals surface area contributed by atoms with Crippen molar-refractivity contribution in [1.29, 1.82) is 0 Å². The predicted octanol–water partition coefficient (Wildman–Crippen LogP) is 2.97. The summed E-state index contributed by atoms with van der Waals surface area (Å²) in [7, 11) is 0. The molecule has 8 nitrogen and oxygen atoms in total. The highest BCUT2D eigenvalue weighted by molar-refractivity contribution is 5.36. The van der Waals surface area contributed by atoms with Gasteiger partial charge in [-0.05, 0) is 25.7 Å². The summed E-state index contributed by atoms with van der Waals surface area (Å²) in [4.78, 5) is 55.9. The van der Waals surface area contributed by atoms with Crippen molar-refractivity contribution in [3.05, 3.63) is 0 Å². The molecule has 2 atom stereocenters. The van der Waals surface area contributed by atoms with Crippen LogP contribution in [0, 0.1) is 0 Å². The smallest absolute Gasteiger partial charge is 0.211 e.